The molecule has 0 saturated heterocycles. The van der Waals surface area contributed by atoms with Crippen LogP contribution in [0.25, 0.3) is 0 Å². The molecule has 0 saturated carbocycles. The van der Waals surface area contributed by atoms with Crippen LogP contribution in [0.2, 0.25) is 0 Å². The second-order valence-electron chi connectivity index (χ2n) is 2.36. The number of carbonyl (C=O) groups is 1. The fraction of sp³-hybridized carbons (Fsp3) is 0.444. The molecule has 2 N–H and O–H groups in total. The number of rotatable bonds is 3. The topological polar surface area (TPSA) is 49.3 Å². The summed E-state index contributed by atoms with van der Waals surface area (Å²) >= 11 is 0. The fourth-order valence-corrected chi connectivity index (χ4v) is 0.859. The number of aliphatic hydroxyl groups excluding tert-OH is 1. The molecule has 0 aliphatic heterocycles. The van der Waals surface area contributed by atoms with Gasteiger partial charge in [0.1, 0.15) is 0 Å². The molecule has 0 aromatic carbocycles. The zero-order valence-electron chi connectivity index (χ0n) is 7.72. The highest BCUT2D eigenvalue weighted by atomic mass is 16.3. The Morgan fingerprint density at radius 2 is 2.00 bits per heavy atom. The number of amides is 1. The first-order chi connectivity index (χ1) is 5.65. The van der Waals surface area contributed by atoms with E-state index in [0.717, 1.165) is 5.57 Å². The van der Waals surface area contributed by atoms with E-state index in [-0.39, 0.29) is 12.5 Å². The third kappa shape index (κ3) is 3.34. The van der Waals surface area contributed by atoms with Gasteiger partial charge >= 0.3 is 0 Å². The quantitative estimate of drug-likeness (QED) is 0.618. The Balaban J connectivity index is 4.46. The molecule has 0 aliphatic rings. The van der Waals surface area contributed by atoms with E-state index in [1.807, 2.05) is 13.8 Å². The maximum atomic E-state index is 10.7. The van der Waals surface area contributed by atoms with Crippen LogP contribution in [0, 0.1) is 0 Å². The Bertz CT molecular complexity index is 217. The lowest BCUT2D eigenvalue weighted by Gasteiger charge is -2.08. The zero-order chi connectivity index (χ0) is 9.56. The van der Waals surface area contributed by atoms with Gasteiger partial charge in [-0.25, -0.2) is 0 Å². The number of hydrogen-bond donors (Lipinski definition) is 2. The molecule has 3 nitrogen and oxygen atoms in total. The van der Waals surface area contributed by atoms with Crippen molar-refractivity contribution in [3.05, 3.63) is 23.4 Å². The number of nitrogens with one attached hydrogen (secondary N) is 1. The van der Waals surface area contributed by atoms with Crippen molar-refractivity contribution in [2.24, 2.45) is 0 Å². The molecule has 0 radical (unpaired) electrons. The van der Waals surface area contributed by atoms with E-state index in [2.05, 4.69) is 5.32 Å². The van der Waals surface area contributed by atoms with Crippen LogP contribution in [0.4, 0.5) is 0 Å². The molecule has 0 fully saturated rings. The minimum absolute atomic E-state index is 0.0591. The van der Waals surface area contributed by atoms with Crippen LogP contribution in [0.1, 0.15) is 20.8 Å². The van der Waals surface area contributed by atoms with Gasteiger partial charge in [0.2, 0.25) is 5.91 Å². The minimum atomic E-state index is -0.129. The predicted octanol–water partition coefficient (Wildman–Crippen LogP) is 0.965. The van der Waals surface area contributed by atoms with E-state index in [4.69, 9.17) is 5.11 Å². The SMILES string of the molecule is C/C=C(CO)\C(=C/C)NC(C)=O. The molecular weight excluding hydrogens is 154 g/mol. The van der Waals surface area contributed by atoms with E-state index >= 15 is 0 Å². The van der Waals surface area contributed by atoms with Crippen molar-refractivity contribution in [3.8, 4) is 0 Å². The molecule has 68 valence electrons. The highest BCUT2D eigenvalue weighted by Gasteiger charge is 2.02. The average Bonchev–Trinajstić information content (AvgIpc) is 2.04. The summed E-state index contributed by atoms with van der Waals surface area (Å²) in [4.78, 5) is 10.7. The van der Waals surface area contributed by atoms with Crippen LogP contribution in [-0.4, -0.2) is 17.6 Å². The summed E-state index contributed by atoms with van der Waals surface area (Å²) in [6, 6.07) is 0. The Labute approximate surface area is 72.8 Å². The maximum Gasteiger partial charge on any atom is 0.221 e. The average molecular weight is 169 g/mol. The Kier molecular flexibility index (Phi) is 5.04. The third-order valence-corrected chi connectivity index (χ3v) is 1.46. The molecule has 0 atom stereocenters. The van der Waals surface area contributed by atoms with Crippen molar-refractivity contribution >= 4 is 5.91 Å². The third-order valence-electron chi connectivity index (χ3n) is 1.46. The number of allylic oxidation sites excluding steroid dienone is 2. The van der Waals surface area contributed by atoms with E-state index in [9.17, 15) is 4.79 Å². The van der Waals surface area contributed by atoms with Crippen molar-refractivity contribution in [3.63, 3.8) is 0 Å². The van der Waals surface area contributed by atoms with Gasteiger partial charge in [-0.2, -0.15) is 0 Å². The highest BCUT2D eigenvalue weighted by molar-refractivity contribution is 5.75. The lowest BCUT2D eigenvalue weighted by atomic mass is 10.2. The lowest BCUT2D eigenvalue weighted by Crippen LogP contribution is -2.21. The predicted molar refractivity (Wildman–Crippen MR) is 48.4 cm³/mol. The largest absolute Gasteiger partial charge is 0.392 e. The second-order valence-corrected chi connectivity index (χ2v) is 2.36. The molecule has 3 heteroatoms. The Hall–Kier alpha value is -1.09. The first-order valence-electron chi connectivity index (χ1n) is 3.86. The molecule has 0 heterocycles. The lowest BCUT2D eigenvalue weighted by molar-refractivity contribution is -0.118. The molecule has 0 bridgehead atoms. The highest BCUT2D eigenvalue weighted by Crippen LogP contribution is 2.04. The number of hydrogen-bond acceptors (Lipinski definition) is 2. The summed E-state index contributed by atoms with van der Waals surface area (Å²) in [7, 11) is 0. The standard InChI is InChI=1S/C9H15NO2/c1-4-8(6-11)9(5-2)10-7(3)12/h4-5,11H,6H2,1-3H3,(H,10,12)/b8-4-,9-5+. The van der Waals surface area contributed by atoms with E-state index in [0.29, 0.717) is 5.70 Å². The van der Waals surface area contributed by atoms with Gasteiger partial charge in [0.15, 0.2) is 0 Å². The normalized spacial score (nSPS) is 13.0. The van der Waals surface area contributed by atoms with Gasteiger partial charge in [0.05, 0.1) is 6.61 Å². The summed E-state index contributed by atoms with van der Waals surface area (Å²) in [6.07, 6.45) is 3.53. The first-order valence-corrected chi connectivity index (χ1v) is 3.86. The summed E-state index contributed by atoms with van der Waals surface area (Å²) in [5.74, 6) is -0.129. The zero-order valence-corrected chi connectivity index (χ0v) is 7.72. The van der Waals surface area contributed by atoms with Crippen LogP contribution < -0.4 is 5.32 Å². The van der Waals surface area contributed by atoms with Crippen LogP contribution in [-0.2, 0) is 4.79 Å². The molecule has 12 heavy (non-hydrogen) atoms. The van der Waals surface area contributed by atoms with E-state index in [1.165, 1.54) is 6.92 Å². The minimum Gasteiger partial charge on any atom is -0.392 e. The molecule has 0 aromatic rings. The smallest absolute Gasteiger partial charge is 0.221 e. The number of aliphatic hydroxyl groups is 1. The van der Waals surface area contributed by atoms with Gasteiger partial charge in [-0.05, 0) is 19.4 Å². The van der Waals surface area contributed by atoms with Gasteiger partial charge < -0.3 is 10.4 Å². The summed E-state index contributed by atoms with van der Waals surface area (Å²) in [6.45, 7) is 5.01. The Morgan fingerprint density at radius 3 is 2.25 bits per heavy atom. The monoisotopic (exact) mass is 169 g/mol. The van der Waals surface area contributed by atoms with E-state index in [1.54, 1.807) is 12.2 Å². The maximum absolute atomic E-state index is 10.7. The van der Waals surface area contributed by atoms with Crippen molar-refractivity contribution in [2.75, 3.05) is 6.61 Å². The van der Waals surface area contributed by atoms with Gasteiger partial charge in [0, 0.05) is 12.6 Å². The molecule has 0 rings (SSSR count). The fourth-order valence-electron chi connectivity index (χ4n) is 0.859. The second kappa shape index (κ2) is 5.55. The molecule has 0 aliphatic carbocycles. The molecule has 0 unspecified atom stereocenters. The molecule has 0 spiro atoms. The molecule has 1 amide bonds. The van der Waals surface area contributed by atoms with Gasteiger partial charge in [-0.1, -0.05) is 12.2 Å². The van der Waals surface area contributed by atoms with E-state index < -0.39 is 0 Å². The summed E-state index contributed by atoms with van der Waals surface area (Å²) in [5, 5.41) is 11.5. The van der Waals surface area contributed by atoms with Crippen molar-refractivity contribution in [1.82, 2.24) is 5.32 Å². The van der Waals surface area contributed by atoms with Crippen LogP contribution in [0.15, 0.2) is 23.4 Å². The Morgan fingerprint density at radius 1 is 1.42 bits per heavy atom. The van der Waals surface area contributed by atoms with Crippen LogP contribution in [0.5, 0.6) is 0 Å². The van der Waals surface area contributed by atoms with Crippen molar-refractivity contribution in [2.45, 2.75) is 20.8 Å². The van der Waals surface area contributed by atoms with Crippen LogP contribution >= 0.6 is 0 Å². The first kappa shape index (κ1) is 10.9. The molecule has 0 aromatic heterocycles. The number of carbonyl (C=O) groups excluding carboxylic acids is 1. The summed E-state index contributed by atoms with van der Waals surface area (Å²) < 4.78 is 0. The van der Waals surface area contributed by atoms with Gasteiger partial charge in [-0.15, -0.1) is 0 Å². The van der Waals surface area contributed by atoms with Gasteiger partial charge in [0.25, 0.3) is 0 Å². The summed E-state index contributed by atoms with van der Waals surface area (Å²) in [5.41, 5.74) is 1.40. The van der Waals surface area contributed by atoms with Crippen molar-refractivity contribution in [1.29, 1.82) is 0 Å². The molecular formula is C9H15NO2. The van der Waals surface area contributed by atoms with Crippen molar-refractivity contribution < 1.29 is 9.90 Å². The van der Waals surface area contributed by atoms with Crippen LogP contribution in [0.3, 0.4) is 0 Å². The van der Waals surface area contributed by atoms with Gasteiger partial charge in [-0.3, -0.25) is 4.79 Å².